The molecule has 0 fully saturated rings. The first-order valence-electron chi connectivity index (χ1n) is 6.20. The average molecular weight is 297 g/mol. The first-order chi connectivity index (χ1) is 9.87. The van der Waals surface area contributed by atoms with E-state index in [1.54, 1.807) is 6.92 Å². The summed E-state index contributed by atoms with van der Waals surface area (Å²) in [5.41, 5.74) is 7.88. The highest BCUT2D eigenvalue weighted by Gasteiger charge is 2.27. The fourth-order valence-corrected chi connectivity index (χ4v) is 1.78. The zero-order valence-electron chi connectivity index (χ0n) is 11.3. The van der Waals surface area contributed by atoms with Crippen LogP contribution in [0.4, 0.5) is 19.0 Å². The molecule has 0 saturated heterocycles. The summed E-state index contributed by atoms with van der Waals surface area (Å²) in [6, 6.07) is 9.22. The van der Waals surface area contributed by atoms with Gasteiger partial charge in [0.2, 0.25) is 0 Å². The largest absolute Gasteiger partial charge is 0.411 e. The summed E-state index contributed by atoms with van der Waals surface area (Å²) in [5, 5.41) is 0. The zero-order valence-corrected chi connectivity index (χ0v) is 11.3. The summed E-state index contributed by atoms with van der Waals surface area (Å²) in [5.74, 6) is 0.357. The average Bonchev–Trinajstić information content (AvgIpc) is 2.42. The molecule has 0 atom stereocenters. The Morgan fingerprint density at radius 1 is 1.14 bits per heavy atom. The molecule has 0 spiro atoms. The van der Waals surface area contributed by atoms with Gasteiger partial charge in [0.1, 0.15) is 19.0 Å². The van der Waals surface area contributed by atoms with E-state index in [-0.39, 0.29) is 18.2 Å². The molecule has 21 heavy (non-hydrogen) atoms. The van der Waals surface area contributed by atoms with Gasteiger partial charge in [0, 0.05) is 11.1 Å². The van der Waals surface area contributed by atoms with Crippen LogP contribution in [-0.2, 0) is 11.3 Å². The lowest BCUT2D eigenvalue weighted by molar-refractivity contribution is -0.177. The van der Waals surface area contributed by atoms with Crippen LogP contribution >= 0.6 is 0 Å². The van der Waals surface area contributed by atoms with Crippen LogP contribution in [0.2, 0.25) is 0 Å². The summed E-state index contributed by atoms with van der Waals surface area (Å²) in [7, 11) is 0. The second-order valence-electron chi connectivity index (χ2n) is 4.47. The highest BCUT2D eigenvalue weighted by Crippen LogP contribution is 2.24. The molecule has 1 aromatic carbocycles. The number of nitrogens with zero attached hydrogens (tertiary/aromatic N) is 2. The normalized spacial score (nSPS) is 11.6. The topological polar surface area (TPSA) is 61.0 Å². The third kappa shape index (κ3) is 4.16. The van der Waals surface area contributed by atoms with E-state index in [9.17, 15) is 13.2 Å². The van der Waals surface area contributed by atoms with E-state index in [1.807, 2.05) is 30.3 Å². The van der Waals surface area contributed by atoms with Crippen LogP contribution in [0.25, 0.3) is 11.3 Å². The van der Waals surface area contributed by atoms with E-state index in [0.717, 1.165) is 5.56 Å². The number of rotatable bonds is 4. The van der Waals surface area contributed by atoms with E-state index >= 15 is 0 Å². The quantitative estimate of drug-likeness (QED) is 0.942. The molecule has 112 valence electrons. The van der Waals surface area contributed by atoms with Gasteiger partial charge in [0.05, 0.1) is 5.69 Å². The van der Waals surface area contributed by atoms with Crippen molar-refractivity contribution in [3.05, 3.63) is 41.7 Å². The Kier molecular flexibility index (Phi) is 4.42. The van der Waals surface area contributed by atoms with Gasteiger partial charge in [-0.25, -0.2) is 9.97 Å². The molecular formula is C14H14F3N3O. The minimum atomic E-state index is -4.38. The minimum absolute atomic E-state index is 0.126. The Morgan fingerprint density at radius 3 is 2.43 bits per heavy atom. The van der Waals surface area contributed by atoms with Gasteiger partial charge >= 0.3 is 6.18 Å². The lowest BCUT2D eigenvalue weighted by Crippen LogP contribution is -2.17. The molecule has 2 N–H and O–H groups in total. The maximum absolute atomic E-state index is 12.1. The van der Waals surface area contributed by atoms with Gasteiger partial charge in [0.25, 0.3) is 0 Å². The molecule has 2 aromatic rings. The smallest absolute Gasteiger partial charge is 0.383 e. The molecule has 1 heterocycles. The van der Waals surface area contributed by atoms with Gasteiger partial charge in [0.15, 0.2) is 5.82 Å². The fourth-order valence-electron chi connectivity index (χ4n) is 1.78. The van der Waals surface area contributed by atoms with E-state index in [0.29, 0.717) is 11.3 Å². The molecule has 0 aliphatic rings. The van der Waals surface area contributed by atoms with E-state index in [1.165, 1.54) is 0 Å². The van der Waals surface area contributed by atoms with Crippen molar-refractivity contribution < 1.29 is 17.9 Å². The standard InChI is InChI=1S/C14H14F3N3O/c1-9-12(10-5-3-2-4-6-10)19-11(20-13(9)18)7-21-8-14(15,16)17/h2-6H,7-8H2,1H3,(H2,18,19,20). The van der Waals surface area contributed by atoms with Gasteiger partial charge in [-0.05, 0) is 6.92 Å². The third-order valence-corrected chi connectivity index (χ3v) is 2.77. The highest BCUT2D eigenvalue weighted by molar-refractivity contribution is 5.67. The summed E-state index contributed by atoms with van der Waals surface area (Å²) >= 11 is 0. The lowest BCUT2D eigenvalue weighted by atomic mass is 10.1. The van der Waals surface area contributed by atoms with Crippen molar-refractivity contribution in [1.82, 2.24) is 9.97 Å². The third-order valence-electron chi connectivity index (χ3n) is 2.77. The number of benzene rings is 1. The molecular weight excluding hydrogens is 283 g/mol. The second kappa shape index (κ2) is 6.09. The van der Waals surface area contributed by atoms with E-state index in [2.05, 4.69) is 14.7 Å². The fraction of sp³-hybridized carbons (Fsp3) is 0.286. The van der Waals surface area contributed by atoms with E-state index < -0.39 is 12.8 Å². The SMILES string of the molecule is Cc1c(N)nc(COCC(F)(F)F)nc1-c1ccccc1. The molecule has 2 rings (SSSR count). The van der Waals surface area contributed by atoms with Crippen LogP contribution in [0.1, 0.15) is 11.4 Å². The van der Waals surface area contributed by atoms with Crippen molar-refractivity contribution >= 4 is 5.82 Å². The van der Waals surface area contributed by atoms with Crippen LogP contribution in [0, 0.1) is 6.92 Å². The Labute approximate surface area is 119 Å². The maximum Gasteiger partial charge on any atom is 0.411 e. The molecule has 4 nitrogen and oxygen atoms in total. The summed E-state index contributed by atoms with van der Waals surface area (Å²) in [6.45, 7) is 0.0760. The molecule has 0 aliphatic heterocycles. The molecule has 0 amide bonds. The van der Waals surface area contributed by atoms with Crippen molar-refractivity contribution in [2.45, 2.75) is 19.7 Å². The number of nitrogen functional groups attached to an aromatic ring is 1. The zero-order chi connectivity index (χ0) is 15.5. The number of alkyl halides is 3. The molecule has 0 saturated carbocycles. The van der Waals surface area contributed by atoms with Crippen molar-refractivity contribution in [1.29, 1.82) is 0 Å². The molecule has 0 radical (unpaired) electrons. The molecule has 7 heteroatoms. The minimum Gasteiger partial charge on any atom is -0.383 e. The number of nitrogens with two attached hydrogens (primary N) is 1. The van der Waals surface area contributed by atoms with Gasteiger partial charge < -0.3 is 10.5 Å². The predicted octanol–water partition coefficient (Wildman–Crippen LogP) is 3.11. The molecule has 0 bridgehead atoms. The van der Waals surface area contributed by atoms with Crippen LogP contribution in [0.5, 0.6) is 0 Å². The van der Waals surface area contributed by atoms with Gasteiger partial charge in [-0.2, -0.15) is 13.2 Å². The van der Waals surface area contributed by atoms with Crippen molar-refractivity contribution in [2.75, 3.05) is 12.3 Å². The predicted molar refractivity (Wildman–Crippen MR) is 72.3 cm³/mol. The van der Waals surface area contributed by atoms with Gasteiger partial charge in [-0.3, -0.25) is 0 Å². The lowest BCUT2D eigenvalue weighted by Gasteiger charge is -2.11. The Hall–Kier alpha value is -2.15. The summed E-state index contributed by atoms with van der Waals surface area (Å²) in [6.07, 6.45) is -4.38. The number of hydrogen-bond donors (Lipinski definition) is 1. The number of halogens is 3. The monoisotopic (exact) mass is 297 g/mol. The molecule has 0 unspecified atom stereocenters. The number of hydrogen-bond acceptors (Lipinski definition) is 4. The number of ether oxygens (including phenoxy) is 1. The van der Waals surface area contributed by atoms with Crippen LogP contribution < -0.4 is 5.73 Å². The number of anilines is 1. The van der Waals surface area contributed by atoms with Crippen LogP contribution in [-0.4, -0.2) is 22.8 Å². The summed E-state index contributed by atoms with van der Waals surface area (Å²) < 4.78 is 40.7. The van der Waals surface area contributed by atoms with Gasteiger partial charge in [-0.1, -0.05) is 30.3 Å². The first kappa shape index (κ1) is 15.2. The second-order valence-corrected chi connectivity index (χ2v) is 4.47. The maximum atomic E-state index is 12.1. The number of aromatic nitrogens is 2. The van der Waals surface area contributed by atoms with Crippen molar-refractivity contribution in [3.63, 3.8) is 0 Å². The molecule has 0 aliphatic carbocycles. The van der Waals surface area contributed by atoms with Crippen LogP contribution in [0.15, 0.2) is 30.3 Å². The van der Waals surface area contributed by atoms with Crippen molar-refractivity contribution in [3.8, 4) is 11.3 Å². The summed E-state index contributed by atoms with van der Waals surface area (Å²) in [4.78, 5) is 8.19. The van der Waals surface area contributed by atoms with Crippen LogP contribution in [0.3, 0.4) is 0 Å². The van der Waals surface area contributed by atoms with Crippen molar-refractivity contribution in [2.24, 2.45) is 0 Å². The Balaban J connectivity index is 2.23. The van der Waals surface area contributed by atoms with E-state index in [4.69, 9.17) is 5.73 Å². The highest BCUT2D eigenvalue weighted by atomic mass is 19.4. The Morgan fingerprint density at radius 2 is 1.81 bits per heavy atom. The Bertz CT molecular complexity index is 615. The van der Waals surface area contributed by atoms with Gasteiger partial charge in [-0.15, -0.1) is 0 Å². The molecule has 1 aromatic heterocycles. The first-order valence-corrected chi connectivity index (χ1v) is 6.20.